The first kappa shape index (κ1) is 21.4. The maximum atomic E-state index is 12.9. The monoisotopic (exact) mass is 427 g/mol. The van der Waals surface area contributed by atoms with E-state index in [1.54, 1.807) is 0 Å². The number of halogens is 1. The van der Waals surface area contributed by atoms with E-state index >= 15 is 0 Å². The number of nitrogens with zero attached hydrogens (tertiary/aromatic N) is 3. The molecule has 2 aliphatic rings. The summed E-state index contributed by atoms with van der Waals surface area (Å²) >= 11 is 6.08. The number of anilines is 1. The highest BCUT2D eigenvalue weighted by Gasteiger charge is 2.33. The number of benzene rings is 1. The smallest absolute Gasteiger partial charge is 0.236 e. The zero-order chi connectivity index (χ0) is 20.1. The molecule has 0 radical (unpaired) electrons. The van der Waals surface area contributed by atoms with Crippen molar-refractivity contribution in [2.75, 3.05) is 55.7 Å². The lowest BCUT2D eigenvalue weighted by Gasteiger charge is -2.37. The predicted molar refractivity (Wildman–Crippen MR) is 114 cm³/mol. The molecule has 1 amide bonds. The van der Waals surface area contributed by atoms with Crippen LogP contribution in [0.25, 0.3) is 0 Å². The lowest BCUT2D eigenvalue weighted by molar-refractivity contribution is -0.133. The third-order valence-corrected chi connectivity index (χ3v) is 7.65. The average molecular weight is 428 g/mol. The Morgan fingerprint density at radius 2 is 2.00 bits per heavy atom. The first-order chi connectivity index (χ1) is 13.4. The minimum absolute atomic E-state index is 0.0201. The van der Waals surface area contributed by atoms with E-state index in [0.29, 0.717) is 31.1 Å². The van der Waals surface area contributed by atoms with Crippen molar-refractivity contribution in [3.05, 3.63) is 29.3 Å². The van der Waals surface area contributed by atoms with Gasteiger partial charge >= 0.3 is 0 Å². The van der Waals surface area contributed by atoms with Crippen molar-refractivity contribution in [2.45, 2.75) is 32.2 Å². The molecule has 1 atom stereocenters. The molecule has 1 aromatic carbocycles. The summed E-state index contributed by atoms with van der Waals surface area (Å²) in [6.07, 6.45) is 2.65. The Balaban J connectivity index is 1.55. The van der Waals surface area contributed by atoms with Crippen molar-refractivity contribution in [2.24, 2.45) is 0 Å². The zero-order valence-electron chi connectivity index (χ0n) is 16.5. The van der Waals surface area contributed by atoms with Gasteiger partial charge in [-0.25, -0.2) is 8.42 Å². The Bertz CT molecular complexity index is 779. The summed E-state index contributed by atoms with van der Waals surface area (Å²) in [7, 11) is -2.95. The van der Waals surface area contributed by atoms with Crippen LogP contribution >= 0.6 is 11.6 Å². The van der Waals surface area contributed by atoms with Gasteiger partial charge in [-0.05, 0) is 37.6 Å². The summed E-state index contributed by atoms with van der Waals surface area (Å²) < 4.78 is 23.7. The number of piperazine rings is 1. The van der Waals surface area contributed by atoms with E-state index < -0.39 is 9.84 Å². The molecule has 156 valence electrons. The van der Waals surface area contributed by atoms with Crippen molar-refractivity contribution in [3.63, 3.8) is 0 Å². The summed E-state index contributed by atoms with van der Waals surface area (Å²) in [4.78, 5) is 19.1. The van der Waals surface area contributed by atoms with Crippen LogP contribution in [0.15, 0.2) is 24.3 Å². The van der Waals surface area contributed by atoms with Gasteiger partial charge in [-0.1, -0.05) is 31.0 Å². The van der Waals surface area contributed by atoms with Crippen molar-refractivity contribution < 1.29 is 13.2 Å². The van der Waals surface area contributed by atoms with Crippen LogP contribution in [0.2, 0.25) is 5.02 Å². The second-order valence-electron chi connectivity index (χ2n) is 7.73. The van der Waals surface area contributed by atoms with Gasteiger partial charge < -0.3 is 9.80 Å². The molecule has 1 aromatic rings. The fraction of sp³-hybridized carbons (Fsp3) is 0.650. The Morgan fingerprint density at radius 1 is 1.25 bits per heavy atom. The molecule has 0 bridgehead atoms. The highest BCUT2D eigenvalue weighted by molar-refractivity contribution is 7.91. The summed E-state index contributed by atoms with van der Waals surface area (Å²) in [5.41, 5.74) is 1.08. The molecule has 0 aromatic heterocycles. The van der Waals surface area contributed by atoms with Gasteiger partial charge in [-0.3, -0.25) is 9.69 Å². The van der Waals surface area contributed by atoms with Crippen LogP contribution < -0.4 is 4.90 Å². The lowest BCUT2D eigenvalue weighted by atomic mass is 10.2. The van der Waals surface area contributed by atoms with Crippen LogP contribution in [0.5, 0.6) is 0 Å². The normalized spacial score (nSPS) is 22.0. The van der Waals surface area contributed by atoms with Gasteiger partial charge in [0.05, 0.1) is 18.1 Å². The Hall–Kier alpha value is -1.31. The number of unbranched alkanes of at least 4 members (excludes halogenated alkanes) is 1. The van der Waals surface area contributed by atoms with Crippen LogP contribution in [0.3, 0.4) is 0 Å². The van der Waals surface area contributed by atoms with Gasteiger partial charge in [0.2, 0.25) is 5.91 Å². The molecule has 6 nitrogen and oxygen atoms in total. The van der Waals surface area contributed by atoms with Gasteiger partial charge in [-0.2, -0.15) is 0 Å². The average Bonchev–Trinajstić information content (AvgIpc) is 3.04. The maximum absolute atomic E-state index is 12.9. The molecule has 2 aliphatic heterocycles. The van der Waals surface area contributed by atoms with Gasteiger partial charge in [0.25, 0.3) is 0 Å². The second kappa shape index (κ2) is 9.46. The van der Waals surface area contributed by atoms with E-state index in [9.17, 15) is 13.2 Å². The quantitative estimate of drug-likeness (QED) is 0.668. The predicted octanol–water partition coefficient (Wildman–Crippen LogP) is 2.28. The van der Waals surface area contributed by atoms with Crippen LogP contribution in [-0.4, -0.2) is 80.9 Å². The second-order valence-corrected chi connectivity index (χ2v) is 10.4. The summed E-state index contributed by atoms with van der Waals surface area (Å²) in [6.45, 7) is 6.12. The highest BCUT2D eigenvalue weighted by atomic mass is 35.5. The minimum atomic E-state index is -2.95. The van der Waals surface area contributed by atoms with E-state index in [0.717, 1.165) is 38.2 Å². The number of amides is 1. The molecule has 3 rings (SSSR count). The molecular formula is C20H30ClN3O3S. The lowest BCUT2D eigenvalue weighted by Crippen LogP contribution is -2.52. The van der Waals surface area contributed by atoms with Gasteiger partial charge in [0, 0.05) is 42.9 Å². The summed E-state index contributed by atoms with van der Waals surface area (Å²) in [6, 6.07) is 7.77. The number of sulfone groups is 1. The van der Waals surface area contributed by atoms with Gasteiger partial charge in [-0.15, -0.1) is 0 Å². The third-order valence-electron chi connectivity index (χ3n) is 5.67. The van der Waals surface area contributed by atoms with Crippen LogP contribution in [0, 0.1) is 0 Å². The number of hydrogen-bond donors (Lipinski definition) is 0. The van der Waals surface area contributed by atoms with Crippen molar-refractivity contribution in [3.8, 4) is 0 Å². The first-order valence-corrected chi connectivity index (χ1v) is 12.3. The topological polar surface area (TPSA) is 60.9 Å². The Morgan fingerprint density at radius 3 is 2.61 bits per heavy atom. The fourth-order valence-electron chi connectivity index (χ4n) is 3.98. The largest absolute Gasteiger partial charge is 0.368 e. The molecule has 0 spiro atoms. The highest BCUT2D eigenvalue weighted by Crippen LogP contribution is 2.22. The zero-order valence-corrected chi connectivity index (χ0v) is 18.1. The Labute approximate surface area is 173 Å². The SMILES string of the molecule is CCCCN(CC(=O)N1CCN(c2cccc(Cl)c2)CC1)C1CCS(=O)(=O)C1. The molecule has 0 aliphatic carbocycles. The van der Waals surface area contributed by atoms with E-state index in [1.165, 1.54) is 0 Å². The minimum Gasteiger partial charge on any atom is -0.368 e. The van der Waals surface area contributed by atoms with Crippen LogP contribution in [0.4, 0.5) is 5.69 Å². The number of carbonyl (C=O) groups is 1. The van der Waals surface area contributed by atoms with Gasteiger partial charge in [0.1, 0.15) is 0 Å². The van der Waals surface area contributed by atoms with Crippen molar-refractivity contribution in [1.29, 1.82) is 0 Å². The molecule has 28 heavy (non-hydrogen) atoms. The molecule has 8 heteroatoms. The van der Waals surface area contributed by atoms with Gasteiger partial charge in [0.15, 0.2) is 9.84 Å². The number of hydrogen-bond acceptors (Lipinski definition) is 5. The summed E-state index contributed by atoms with van der Waals surface area (Å²) in [5, 5.41) is 0.717. The van der Waals surface area contributed by atoms with E-state index in [-0.39, 0.29) is 23.5 Å². The van der Waals surface area contributed by atoms with E-state index in [4.69, 9.17) is 11.6 Å². The molecule has 0 saturated carbocycles. The molecule has 0 N–H and O–H groups in total. The van der Waals surface area contributed by atoms with E-state index in [1.807, 2.05) is 29.2 Å². The third kappa shape index (κ3) is 5.61. The molecule has 2 fully saturated rings. The molecule has 2 saturated heterocycles. The van der Waals surface area contributed by atoms with Crippen LogP contribution in [-0.2, 0) is 14.6 Å². The number of carbonyl (C=O) groups excluding carboxylic acids is 1. The fourth-order valence-corrected chi connectivity index (χ4v) is 5.92. The molecule has 2 heterocycles. The van der Waals surface area contributed by atoms with Crippen LogP contribution in [0.1, 0.15) is 26.2 Å². The van der Waals surface area contributed by atoms with Crippen molar-refractivity contribution >= 4 is 33.0 Å². The standard InChI is InChI=1S/C20H30ClN3O3S/c1-2-3-8-24(19-7-13-28(26,27)16-19)15-20(25)23-11-9-22(10-12-23)18-6-4-5-17(21)14-18/h4-6,14,19H,2-3,7-13,15-16H2,1H3. The van der Waals surface area contributed by atoms with E-state index in [2.05, 4.69) is 16.7 Å². The maximum Gasteiger partial charge on any atom is 0.236 e. The molecule has 1 unspecified atom stereocenters. The number of rotatable bonds is 7. The van der Waals surface area contributed by atoms with Crippen molar-refractivity contribution in [1.82, 2.24) is 9.80 Å². The Kier molecular flexibility index (Phi) is 7.23. The summed E-state index contributed by atoms with van der Waals surface area (Å²) in [5.74, 6) is 0.533. The first-order valence-electron chi connectivity index (χ1n) is 10.1. The molecular weight excluding hydrogens is 398 g/mol.